The number of hydrogen-bond donors (Lipinski definition) is 2. The number of urea groups is 1. The third kappa shape index (κ3) is 5.47. The molecular formula is C21H23N3O6. The molecule has 1 aromatic heterocycles. The highest BCUT2D eigenvalue weighted by molar-refractivity contribution is 5.96. The van der Waals surface area contributed by atoms with Gasteiger partial charge in [-0.1, -0.05) is 30.3 Å². The molecule has 9 heteroatoms. The number of imide groups is 1. The molecule has 0 bridgehead atoms. The van der Waals surface area contributed by atoms with Crippen molar-refractivity contribution < 1.29 is 28.3 Å². The molecule has 0 spiro atoms. The molecule has 2 heterocycles. The normalized spacial score (nSPS) is 16.8. The van der Waals surface area contributed by atoms with Gasteiger partial charge in [0.05, 0.1) is 24.8 Å². The number of nitrogens with zero attached hydrogens (tertiary/aromatic N) is 1. The van der Waals surface area contributed by atoms with Gasteiger partial charge in [-0.05, 0) is 24.6 Å². The number of amides is 4. The van der Waals surface area contributed by atoms with E-state index >= 15 is 0 Å². The van der Waals surface area contributed by atoms with Crippen LogP contribution in [0.2, 0.25) is 0 Å². The van der Waals surface area contributed by atoms with Crippen molar-refractivity contribution in [3.8, 4) is 0 Å². The molecule has 4 amide bonds. The lowest BCUT2D eigenvalue weighted by Crippen LogP contribution is -2.41. The van der Waals surface area contributed by atoms with Crippen LogP contribution in [0.1, 0.15) is 30.7 Å². The molecule has 3 rings (SSSR count). The fourth-order valence-corrected chi connectivity index (χ4v) is 3.22. The molecule has 0 aliphatic carbocycles. The molecule has 0 radical (unpaired) electrons. The summed E-state index contributed by atoms with van der Waals surface area (Å²) in [4.78, 5) is 49.7. The Labute approximate surface area is 173 Å². The average Bonchev–Trinajstić information content (AvgIpc) is 3.40. The number of nitrogens with one attached hydrogen (secondary N) is 2. The van der Waals surface area contributed by atoms with Crippen molar-refractivity contribution >= 4 is 23.8 Å². The van der Waals surface area contributed by atoms with E-state index in [-0.39, 0.29) is 31.5 Å². The van der Waals surface area contributed by atoms with Gasteiger partial charge in [0.2, 0.25) is 5.91 Å². The number of carbonyl (C=O) groups excluding carboxylic acids is 4. The fourth-order valence-electron chi connectivity index (χ4n) is 3.22. The second kappa shape index (κ2) is 9.73. The van der Waals surface area contributed by atoms with Crippen molar-refractivity contribution in [1.82, 2.24) is 15.5 Å². The minimum atomic E-state index is -0.765. The van der Waals surface area contributed by atoms with Gasteiger partial charge in [-0.2, -0.15) is 0 Å². The van der Waals surface area contributed by atoms with Crippen LogP contribution in [0.3, 0.4) is 0 Å². The first-order chi connectivity index (χ1) is 14.4. The van der Waals surface area contributed by atoms with Crippen molar-refractivity contribution in [2.45, 2.75) is 25.9 Å². The van der Waals surface area contributed by atoms with Crippen molar-refractivity contribution in [3.63, 3.8) is 0 Å². The van der Waals surface area contributed by atoms with E-state index in [0.29, 0.717) is 5.76 Å². The Hall–Kier alpha value is -3.62. The topological polar surface area (TPSA) is 118 Å². The summed E-state index contributed by atoms with van der Waals surface area (Å²) in [7, 11) is 0. The van der Waals surface area contributed by atoms with Gasteiger partial charge in [-0.25, -0.2) is 4.79 Å². The summed E-state index contributed by atoms with van der Waals surface area (Å²) in [5.41, 5.74) is 0.972. The number of rotatable bonds is 7. The van der Waals surface area contributed by atoms with E-state index in [1.165, 1.54) is 6.26 Å². The third-order valence-electron chi connectivity index (χ3n) is 4.84. The van der Waals surface area contributed by atoms with Gasteiger partial charge >= 0.3 is 12.0 Å². The van der Waals surface area contributed by atoms with E-state index in [4.69, 9.17) is 9.15 Å². The molecule has 9 nitrogen and oxygen atoms in total. The Kier molecular flexibility index (Phi) is 6.84. The van der Waals surface area contributed by atoms with Crippen LogP contribution in [-0.2, 0) is 25.7 Å². The smallest absolute Gasteiger partial charge is 0.321 e. The highest BCUT2D eigenvalue weighted by Crippen LogP contribution is 2.28. The molecule has 0 unspecified atom stereocenters. The first kappa shape index (κ1) is 21.1. The Morgan fingerprint density at radius 2 is 1.97 bits per heavy atom. The van der Waals surface area contributed by atoms with Gasteiger partial charge in [0, 0.05) is 13.0 Å². The Bertz CT molecular complexity index is 897. The maximum absolute atomic E-state index is 12.3. The quantitative estimate of drug-likeness (QED) is 0.668. The number of hydrogen-bond acceptors (Lipinski definition) is 6. The SMILES string of the molecule is C[C@H](c1ccccc1)N1C[C@H](C(=O)OCC(=O)NC(=O)NCc2ccco2)CC1=O. The standard InChI is InChI=1S/C21H23N3O6/c1-14(15-6-3-2-4-7-15)24-12-16(10-19(24)26)20(27)30-13-18(25)23-21(28)22-11-17-8-5-9-29-17/h2-9,14,16H,10-13H2,1H3,(H2,22,23,25,28)/t14-,16-/m1/s1. The van der Waals surface area contributed by atoms with Crippen molar-refractivity contribution in [1.29, 1.82) is 0 Å². The molecule has 30 heavy (non-hydrogen) atoms. The number of carbonyl (C=O) groups is 4. The van der Waals surface area contributed by atoms with Crippen LogP contribution in [0, 0.1) is 5.92 Å². The summed E-state index contributed by atoms with van der Waals surface area (Å²) in [6.07, 6.45) is 1.50. The predicted octanol–water partition coefficient (Wildman–Crippen LogP) is 1.76. The number of esters is 1. The average molecular weight is 413 g/mol. The van der Waals surface area contributed by atoms with Gasteiger partial charge < -0.3 is 19.4 Å². The molecule has 158 valence electrons. The Balaban J connectivity index is 1.42. The van der Waals surface area contributed by atoms with Crippen LogP contribution < -0.4 is 10.6 Å². The van der Waals surface area contributed by atoms with E-state index < -0.39 is 30.4 Å². The van der Waals surface area contributed by atoms with E-state index in [0.717, 1.165) is 5.56 Å². The largest absolute Gasteiger partial charge is 0.467 e. The minimum absolute atomic E-state index is 0.0290. The second-order valence-electron chi connectivity index (χ2n) is 6.95. The van der Waals surface area contributed by atoms with Crippen molar-refractivity contribution in [2.24, 2.45) is 5.92 Å². The van der Waals surface area contributed by atoms with Crippen molar-refractivity contribution in [2.75, 3.05) is 13.2 Å². The zero-order valence-electron chi connectivity index (χ0n) is 16.5. The second-order valence-corrected chi connectivity index (χ2v) is 6.95. The molecule has 1 aliphatic rings. The highest BCUT2D eigenvalue weighted by atomic mass is 16.5. The van der Waals surface area contributed by atoms with Crippen LogP contribution in [0.4, 0.5) is 4.79 Å². The lowest BCUT2D eigenvalue weighted by Gasteiger charge is -2.25. The van der Waals surface area contributed by atoms with Gasteiger partial charge in [-0.15, -0.1) is 0 Å². The maximum atomic E-state index is 12.3. The third-order valence-corrected chi connectivity index (χ3v) is 4.84. The first-order valence-corrected chi connectivity index (χ1v) is 9.55. The predicted molar refractivity (Wildman–Crippen MR) is 105 cm³/mol. The highest BCUT2D eigenvalue weighted by Gasteiger charge is 2.38. The first-order valence-electron chi connectivity index (χ1n) is 9.55. The van der Waals surface area contributed by atoms with Gasteiger partial charge in [0.15, 0.2) is 6.61 Å². The van der Waals surface area contributed by atoms with E-state index in [1.807, 2.05) is 37.3 Å². The van der Waals surface area contributed by atoms with Crippen LogP contribution in [0.25, 0.3) is 0 Å². The Morgan fingerprint density at radius 1 is 1.20 bits per heavy atom. The molecule has 1 aliphatic heterocycles. The van der Waals surface area contributed by atoms with E-state index in [2.05, 4.69) is 10.6 Å². The summed E-state index contributed by atoms with van der Waals surface area (Å²) in [6.45, 7) is 1.63. The molecular weight excluding hydrogens is 390 g/mol. The van der Waals surface area contributed by atoms with Crippen LogP contribution in [0.5, 0.6) is 0 Å². The molecule has 1 saturated heterocycles. The van der Waals surface area contributed by atoms with Gasteiger partial charge in [0.1, 0.15) is 5.76 Å². The molecule has 2 N–H and O–H groups in total. The van der Waals surface area contributed by atoms with E-state index in [9.17, 15) is 19.2 Å². The fraction of sp³-hybridized carbons (Fsp3) is 0.333. The van der Waals surface area contributed by atoms with Crippen LogP contribution >= 0.6 is 0 Å². The number of ether oxygens (including phenoxy) is 1. The molecule has 2 aromatic rings. The summed E-state index contributed by atoms with van der Waals surface area (Å²) in [5, 5.41) is 4.50. The number of benzene rings is 1. The number of furan rings is 1. The summed E-state index contributed by atoms with van der Waals surface area (Å²) >= 11 is 0. The zero-order chi connectivity index (χ0) is 21.5. The van der Waals surface area contributed by atoms with Crippen LogP contribution in [0.15, 0.2) is 53.1 Å². The molecule has 0 saturated carbocycles. The molecule has 1 fully saturated rings. The van der Waals surface area contributed by atoms with E-state index in [1.54, 1.807) is 17.0 Å². The zero-order valence-corrected chi connectivity index (χ0v) is 16.5. The van der Waals surface area contributed by atoms with Crippen molar-refractivity contribution in [3.05, 3.63) is 60.1 Å². The lowest BCUT2D eigenvalue weighted by atomic mass is 10.1. The Morgan fingerprint density at radius 3 is 2.67 bits per heavy atom. The maximum Gasteiger partial charge on any atom is 0.321 e. The molecule has 1 aromatic carbocycles. The van der Waals surface area contributed by atoms with Gasteiger partial charge in [-0.3, -0.25) is 19.7 Å². The number of likely N-dealkylation sites (tertiary alicyclic amines) is 1. The minimum Gasteiger partial charge on any atom is -0.467 e. The summed E-state index contributed by atoms with van der Waals surface area (Å²) in [5.74, 6) is -1.67. The monoisotopic (exact) mass is 413 g/mol. The summed E-state index contributed by atoms with van der Waals surface area (Å²) < 4.78 is 10.1. The summed E-state index contributed by atoms with van der Waals surface area (Å²) in [6, 6.07) is 12.0. The van der Waals surface area contributed by atoms with Gasteiger partial charge in [0.25, 0.3) is 5.91 Å². The van der Waals surface area contributed by atoms with Crippen LogP contribution in [-0.4, -0.2) is 41.9 Å². The lowest BCUT2D eigenvalue weighted by molar-refractivity contribution is -0.152. The molecule has 2 atom stereocenters.